The highest BCUT2D eigenvalue weighted by atomic mass is 14.0. The Labute approximate surface area is 140 Å². The van der Waals surface area contributed by atoms with E-state index in [9.17, 15) is 0 Å². The van der Waals surface area contributed by atoms with E-state index in [1.54, 1.807) is 0 Å². The van der Waals surface area contributed by atoms with Crippen LogP contribution in [0, 0.1) is 6.92 Å². The SMILES string of the molecule is [CH2]CCCCCCCCCCCC=CCC=CCC=CCC. The fourth-order valence-corrected chi connectivity index (χ4v) is 2.50. The van der Waals surface area contributed by atoms with E-state index in [1.807, 2.05) is 0 Å². The molecule has 0 aliphatic heterocycles. The summed E-state index contributed by atoms with van der Waals surface area (Å²) in [5, 5.41) is 0. The van der Waals surface area contributed by atoms with E-state index < -0.39 is 0 Å². The van der Waals surface area contributed by atoms with Gasteiger partial charge in [-0.3, -0.25) is 0 Å². The second-order valence-corrected chi connectivity index (χ2v) is 6.12. The maximum atomic E-state index is 3.89. The Balaban J connectivity index is 3.15. The van der Waals surface area contributed by atoms with Gasteiger partial charge >= 0.3 is 0 Å². The molecule has 0 heteroatoms. The van der Waals surface area contributed by atoms with Crippen LogP contribution in [0.25, 0.3) is 0 Å². The molecule has 0 saturated carbocycles. The number of hydrogen-bond donors (Lipinski definition) is 0. The van der Waals surface area contributed by atoms with Crippen molar-refractivity contribution in [3.8, 4) is 0 Å². The zero-order valence-corrected chi connectivity index (χ0v) is 15.1. The lowest BCUT2D eigenvalue weighted by atomic mass is 10.1. The molecule has 0 bridgehead atoms. The molecule has 0 unspecified atom stereocenters. The van der Waals surface area contributed by atoms with Gasteiger partial charge in [-0.1, -0.05) is 108 Å². The highest BCUT2D eigenvalue weighted by Crippen LogP contribution is 2.11. The minimum absolute atomic E-state index is 1.08. The van der Waals surface area contributed by atoms with Gasteiger partial charge in [-0.15, -0.1) is 0 Å². The zero-order valence-electron chi connectivity index (χ0n) is 15.1. The summed E-state index contributed by atoms with van der Waals surface area (Å²) < 4.78 is 0. The Bertz CT molecular complexity index is 270. The van der Waals surface area contributed by atoms with Crippen molar-refractivity contribution in [2.24, 2.45) is 0 Å². The van der Waals surface area contributed by atoms with Crippen molar-refractivity contribution in [1.82, 2.24) is 0 Å². The summed E-state index contributed by atoms with van der Waals surface area (Å²) >= 11 is 0. The van der Waals surface area contributed by atoms with Crippen LogP contribution in [0.3, 0.4) is 0 Å². The van der Waals surface area contributed by atoms with Crippen molar-refractivity contribution < 1.29 is 0 Å². The summed E-state index contributed by atoms with van der Waals surface area (Å²) in [6, 6.07) is 0. The summed E-state index contributed by atoms with van der Waals surface area (Å²) in [7, 11) is 0. The third kappa shape index (κ3) is 19.2. The van der Waals surface area contributed by atoms with E-state index in [2.05, 4.69) is 50.3 Å². The van der Waals surface area contributed by atoms with E-state index in [4.69, 9.17) is 0 Å². The predicted molar refractivity (Wildman–Crippen MR) is 103 cm³/mol. The monoisotopic (exact) mass is 303 g/mol. The fourth-order valence-electron chi connectivity index (χ4n) is 2.50. The topological polar surface area (TPSA) is 0 Å². The first-order valence-corrected chi connectivity index (χ1v) is 9.66. The maximum Gasteiger partial charge on any atom is -0.0169 e. The first-order chi connectivity index (χ1) is 10.9. The number of unbranched alkanes of at least 4 members (excludes halogenated alkanes) is 10. The molecule has 0 spiro atoms. The van der Waals surface area contributed by atoms with Gasteiger partial charge in [0.1, 0.15) is 0 Å². The van der Waals surface area contributed by atoms with Crippen molar-refractivity contribution in [3.05, 3.63) is 43.4 Å². The summed E-state index contributed by atoms with van der Waals surface area (Å²) in [6.45, 7) is 6.06. The van der Waals surface area contributed by atoms with Crippen molar-refractivity contribution >= 4 is 0 Å². The minimum Gasteiger partial charge on any atom is -0.0885 e. The van der Waals surface area contributed by atoms with Crippen molar-refractivity contribution in [2.45, 2.75) is 96.8 Å². The molecule has 0 aromatic heterocycles. The van der Waals surface area contributed by atoms with Crippen LogP contribution >= 0.6 is 0 Å². The summed E-state index contributed by atoms with van der Waals surface area (Å²) in [4.78, 5) is 0. The summed E-state index contributed by atoms with van der Waals surface area (Å²) in [6.07, 6.45) is 31.9. The first-order valence-electron chi connectivity index (χ1n) is 9.66. The Morgan fingerprint density at radius 2 is 1.00 bits per heavy atom. The predicted octanol–water partition coefficient (Wildman–Crippen LogP) is 7.97. The molecule has 22 heavy (non-hydrogen) atoms. The second kappa shape index (κ2) is 20.2. The van der Waals surface area contributed by atoms with E-state index in [-0.39, 0.29) is 0 Å². The van der Waals surface area contributed by atoms with Crippen LogP contribution in [-0.4, -0.2) is 0 Å². The van der Waals surface area contributed by atoms with E-state index in [0.717, 1.165) is 25.7 Å². The fraction of sp³-hybridized carbons (Fsp3) is 0.682. The highest BCUT2D eigenvalue weighted by molar-refractivity contribution is 4.96. The molecule has 127 valence electrons. The van der Waals surface area contributed by atoms with Crippen LogP contribution in [0.5, 0.6) is 0 Å². The van der Waals surface area contributed by atoms with Gasteiger partial charge in [-0.05, 0) is 32.1 Å². The van der Waals surface area contributed by atoms with Gasteiger partial charge in [-0.25, -0.2) is 0 Å². The molecular formula is C22H39. The molecule has 0 rings (SSSR count). The average molecular weight is 304 g/mol. The molecule has 0 nitrogen and oxygen atoms in total. The molecule has 0 aliphatic carbocycles. The Kier molecular flexibility index (Phi) is 19.5. The zero-order chi connectivity index (χ0) is 16.1. The standard InChI is InChI=1S/C22H39/c1-3-5-7-9-11-13-15-17-19-21-22-20-18-16-14-12-10-8-6-4-2/h6,8,12,14,18,20H,1,3-5,7,9-11,13,15-17,19,21-22H2,2H3. The van der Waals surface area contributed by atoms with Gasteiger partial charge in [0.05, 0.1) is 0 Å². The lowest BCUT2D eigenvalue weighted by molar-refractivity contribution is 0.561. The molecule has 0 heterocycles. The molecule has 0 fully saturated rings. The molecule has 0 amide bonds. The number of hydrogen-bond acceptors (Lipinski definition) is 0. The van der Waals surface area contributed by atoms with Crippen LogP contribution in [0.2, 0.25) is 0 Å². The molecule has 0 aromatic rings. The minimum atomic E-state index is 1.08. The van der Waals surface area contributed by atoms with Crippen LogP contribution < -0.4 is 0 Å². The third-order valence-electron chi connectivity index (χ3n) is 3.90. The van der Waals surface area contributed by atoms with E-state index >= 15 is 0 Å². The van der Waals surface area contributed by atoms with Crippen LogP contribution in [0.4, 0.5) is 0 Å². The maximum absolute atomic E-state index is 3.89. The van der Waals surface area contributed by atoms with Gasteiger partial charge in [0, 0.05) is 0 Å². The van der Waals surface area contributed by atoms with E-state index in [0.29, 0.717) is 0 Å². The third-order valence-corrected chi connectivity index (χ3v) is 3.90. The van der Waals surface area contributed by atoms with Gasteiger partial charge in [-0.2, -0.15) is 0 Å². The van der Waals surface area contributed by atoms with Crippen LogP contribution in [0.1, 0.15) is 96.8 Å². The quantitative estimate of drug-likeness (QED) is 0.200. The molecule has 0 aliphatic rings. The van der Waals surface area contributed by atoms with Crippen molar-refractivity contribution in [3.63, 3.8) is 0 Å². The normalized spacial score (nSPS) is 12.3. The summed E-state index contributed by atoms with van der Waals surface area (Å²) in [5.41, 5.74) is 0. The van der Waals surface area contributed by atoms with Gasteiger partial charge in [0.25, 0.3) is 0 Å². The average Bonchev–Trinajstić information content (AvgIpc) is 2.54. The smallest absolute Gasteiger partial charge is 0.0169 e. The first kappa shape index (κ1) is 21.2. The Hall–Kier alpha value is -0.780. The Morgan fingerprint density at radius 1 is 0.545 bits per heavy atom. The number of rotatable bonds is 16. The van der Waals surface area contributed by atoms with Gasteiger partial charge in [0.15, 0.2) is 0 Å². The molecule has 1 radical (unpaired) electrons. The molecule has 0 atom stereocenters. The van der Waals surface area contributed by atoms with Crippen molar-refractivity contribution in [2.75, 3.05) is 0 Å². The van der Waals surface area contributed by atoms with Gasteiger partial charge < -0.3 is 0 Å². The van der Waals surface area contributed by atoms with Crippen LogP contribution in [0.15, 0.2) is 36.5 Å². The molecule has 0 N–H and O–H groups in total. The molecule has 0 saturated heterocycles. The number of allylic oxidation sites excluding steroid dienone is 6. The van der Waals surface area contributed by atoms with E-state index in [1.165, 1.54) is 64.2 Å². The molecule has 0 aromatic carbocycles. The highest BCUT2D eigenvalue weighted by Gasteiger charge is 1.91. The molecular weight excluding hydrogens is 264 g/mol. The van der Waals surface area contributed by atoms with Gasteiger partial charge in [0.2, 0.25) is 0 Å². The second-order valence-electron chi connectivity index (χ2n) is 6.12. The largest absolute Gasteiger partial charge is 0.0885 e. The lowest BCUT2D eigenvalue weighted by Crippen LogP contribution is -1.81. The summed E-state index contributed by atoms with van der Waals surface area (Å²) in [5.74, 6) is 0. The lowest BCUT2D eigenvalue weighted by Gasteiger charge is -2.01. The van der Waals surface area contributed by atoms with Crippen molar-refractivity contribution in [1.29, 1.82) is 0 Å². The van der Waals surface area contributed by atoms with Crippen LogP contribution in [-0.2, 0) is 0 Å². The Morgan fingerprint density at radius 3 is 1.55 bits per heavy atom.